The van der Waals surface area contributed by atoms with Crippen LogP contribution in [0, 0.1) is 5.92 Å². The van der Waals surface area contributed by atoms with Crippen LogP contribution < -0.4 is 5.32 Å². The smallest absolute Gasteiger partial charge is 0.227 e. The van der Waals surface area contributed by atoms with Crippen LogP contribution in [0.15, 0.2) is 34.9 Å². The fourth-order valence-corrected chi connectivity index (χ4v) is 5.38. The monoisotopic (exact) mass is 468 g/mol. The fourth-order valence-electron chi connectivity index (χ4n) is 5.38. The van der Waals surface area contributed by atoms with E-state index in [2.05, 4.69) is 15.5 Å². The molecule has 8 nitrogen and oxygen atoms in total. The molecule has 1 aliphatic carbocycles. The number of benzene rings is 1. The van der Waals surface area contributed by atoms with Gasteiger partial charge in [0.2, 0.25) is 17.7 Å². The second-order valence-electron chi connectivity index (χ2n) is 9.76. The Labute approximate surface area is 201 Å². The maximum Gasteiger partial charge on any atom is 0.227 e. The Morgan fingerprint density at radius 1 is 1.15 bits per heavy atom. The van der Waals surface area contributed by atoms with Gasteiger partial charge in [-0.1, -0.05) is 61.2 Å². The van der Waals surface area contributed by atoms with Crippen molar-refractivity contribution in [2.45, 2.75) is 82.8 Å². The lowest BCUT2D eigenvalue weighted by molar-refractivity contribution is -0.133. The zero-order valence-electron chi connectivity index (χ0n) is 20.0. The molecule has 4 rings (SSSR count). The van der Waals surface area contributed by atoms with Gasteiger partial charge in [0.05, 0.1) is 6.10 Å². The number of nitrogens with zero attached hydrogens (tertiary/aromatic N) is 3. The van der Waals surface area contributed by atoms with Crippen LogP contribution in [-0.4, -0.2) is 45.1 Å². The molecular weight excluding hydrogens is 432 g/mol. The predicted molar refractivity (Wildman–Crippen MR) is 127 cm³/mol. The molecule has 1 saturated carbocycles. The van der Waals surface area contributed by atoms with Crippen LogP contribution in [-0.2, 0) is 21.5 Å². The molecule has 1 saturated heterocycles. The van der Waals surface area contributed by atoms with Crippen molar-refractivity contribution in [2.75, 3.05) is 13.1 Å². The van der Waals surface area contributed by atoms with Gasteiger partial charge in [-0.05, 0) is 37.2 Å². The average molecular weight is 469 g/mol. The van der Waals surface area contributed by atoms with Crippen molar-refractivity contribution >= 4 is 11.8 Å². The van der Waals surface area contributed by atoms with E-state index in [1.807, 2.05) is 35.2 Å². The van der Waals surface area contributed by atoms with Crippen LogP contribution >= 0.6 is 0 Å². The van der Waals surface area contributed by atoms with E-state index in [1.54, 1.807) is 0 Å². The molecule has 1 aliphatic heterocycles. The molecule has 2 aromatic rings. The first kappa shape index (κ1) is 24.4. The van der Waals surface area contributed by atoms with E-state index in [-0.39, 0.29) is 17.7 Å². The van der Waals surface area contributed by atoms with Crippen molar-refractivity contribution in [1.82, 2.24) is 20.4 Å². The molecule has 8 heteroatoms. The number of aromatic nitrogens is 2. The summed E-state index contributed by atoms with van der Waals surface area (Å²) in [4.78, 5) is 31.1. The molecule has 184 valence electrons. The van der Waals surface area contributed by atoms with Crippen molar-refractivity contribution in [2.24, 2.45) is 5.92 Å². The third kappa shape index (κ3) is 5.84. The van der Waals surface area contributed by atoms with Crippen molar-refractivity contribution in [3.05, 3.63) is 47.6 Å². The van der Waals surface area contributed by atoms with Crippen LogP contribution in [0.25, 0.3) is 0 Å². The van der Waals surface area contributed by atoms with Gasteiger partial charge in [0.25, 0.3) is 0 Å². The summed E-state index contributed by atoms with van der Waals surface area (Å²) < 4.78 is 5.48. The lowest BCUT2D eigenvalue weighted by Crippen LogP contribution is -2.45. The number of aryl methyl sites for hydroxylation is 1. The van der Waals surface area contributed by atoms with E-state index in [9.17, 15) is 14.7 Å². The zero-order chi connectivity index (χ0) is 24.0. The van der Waals surface area contributed by atoms with E-state index in [0.29, 0.717) is 37.6 Å². The number of rotatable bonds is 7. The Morgan fingerprint density at radius 3 is 2.47 bits per heavy atom. The number of carbonyl (C=O) groups excluding carboxylic acids is 2. The zero-order valence-corrected chi connectivity index (χ0v) is 20.0. The minimum absolute atomic E-state index is 0.0680. The van der Waals surface area contributed by atoms with Crippen LogP contribution in [0.5, 0.6) is 0 Å². The summed E-state index contributed by atoms with van der Waals surface area (Å²) in [6.45, 7) is 2.82. The van der Waals surface area contributed by atoms with Gasteiger partial charge in [0.1, 0.15) is 5.54 Å². The molecule has 0 spiro atoms. The van der Waals surface area contributed by atoms with E-state index in [0.717, 1.165) is 56.9 Å². The summed E-state index contributed by atoms with van der Waals surface area (Å²) >= 11 is 0. The third-order valence-electron chi connectivity index (χ3n) is 7.30. The summed E-state index contributed by atoms with van der Waals surface area (Å²) in [5, 5.41) is 18.0. The summed E-state index contributed by atoms with van der Waals surface area (Å²) in [6.07, 6.45) is 7.67. The summed E-state index contributed by atoms with van der Waals surface area (Å²) in [6, 6.07) is 9.72. The Morgan fingerprint density at radius 2 is 1.82 bits per heavy atom. The van der Waals surface area contributed by atoms with E-state index < -0.39 is 11.6 Å². The summed E-state index contributed by atoms with van der Waals surface area (Å²) in [5.41, 5.74) is 0.362. The fraction of sp³-hybridized carbons (Fsp3) is 0.615. The molecule has 1 aromatic heterocycles. The lowest BCUT2D eigenvalue weighted by Gasteiger charge is -2.34. The second-order valence-corrected chi connectivity index (χ2v) is 9.76. The minimum atomic E-state index is -0.574. The lowest BCUT2D eigenvalue weighted by atomic mass is 9.87. The highest BCUT2D eigenvalue weighted by Gasteiger charge is 2.38. The molecule has 2 N–H and O–H groups in total. The van der Waals surface area contributed by atoms with Crippen LogP contribution in [0.1, 0.15) is 88.1 Å². The second kappa shape index (κ2) is 11.1. The highest BCUT2D eigenvalue weighted by atomic mass is 16.5. The Balaban J connectivity index is 1.30. The van der Waals surface area contributed by atoms with Gasteiger partial charge in [0.15, 0.2) is 5.82 Å². The molecule has 2 fully saturated rings. The first-order valence-corrected chi connectivity index (χ1v) is 12.6. The number of nitrogens with one attached hydrogen (secondary N) is 1. The van der Waals surface area contributed by atoms with Crippen LogP contribution in [0.2, 0.25) is 0 Å². The van der Waals surface area contributed by atoms with Crippen molar-refractivity contribution in [3.63, 3.8) is 0 Å². The minimum Gasteiger partial charge on any atom is -0.388 e. The average Bonchev–Trinajstić information content (AvgIpc) is 3.22. The summed E-state index contributed by atoms with van der Waals surface area (Å²) in [5.74, 6) is 1.10. The highest BCUT2D eigenvalue weighted by molar-refractivity contribution is 5.76. The first-order valence-electron chi connectivity index (χ1n) is 12.6. The number of aliphatic hydroxyl groups is 1. The van der Waals surface area contributed by atoms with Gasteiger partial charge in [-0.25, -0.2) is 0 Å². The maximum absolute atomic E-state index is 12.8. The number of hydrogen-bond donors (Lipinski definition) is 2. The van der Waals surface area contributed by atoms with E-state index >= 15 is 0 Å². The van der Waals surface area contributed by atoms with Gasteiger partial charge < -0.3 is 19.8 Å². The maximum atomic E-state index is 12.8. The number of hydrogen-bond acceptors (Lipinski definition) is 6. The topological polar surface area (TPSA) is 109 Å². The van der Waals surface area contributed by atoms with Gasteiger partial charge in [0, 0.05) is 32.9 Å². The van der Waals surface area contributed by atoms with Crippen LogP contribution in [0.4, 0.5) is 0 Å². The Bertz CT molecular complexity index is 945. The van der Waals surface area contributed by atoms with Crippen molar-refractivity contribution in [3.8, 4) is 0 Å². The van der Waals surface area contributed by atoms with Gasteiger partial charge in [-0.2, -0.15) is 4.98 Å². The van der Waals surface area contributed by atoms with Gasteiger partial charge in [-0.3, -0.25) is 9.59 Å². The molecule has 1 atom stereocenters. The molecule has 34 heavy (non-hydrogen) atoms. The first-order chi connectivity index (χ1) is 16.5. The van der Waals surface area contributed by atoms with Crippen molar-refractivity contribution in [1.29, 1.82) is 0 Å². The predicted octanol–water partition coefficient (Wildman–Crippen LogP) is 3.66. The molecular formula is C26H36N4O4. The largest absolute Gasteiger partial charge is 0.388 e. The van der Waals surface area contributed by atoms with Gasteiger partial charge in [-0.15, -0.1) is 0 Å². The summed E-state index contributed by atoms with van der Waals surface area (Å²) in [7, 11) is 0. The Hall–Kier alpha value is -2.74. The molecule has 1 aromatic carbocycles. The molecule has 0 radical (unpaired) electrons. The van der Waals surface area contributed by atoms with E-state index in [1.165, 1.54) is 6.92 Å². The standard InChI is InChI=1S/C26H36N4O4/c1-19(31)28-26(15-7-2-3-8-16-26)25-27-22(34-29-25)11-12-23(32)30-17-13-21(14-18-30)24(33)20-9-5-4-6-10-20/h4-6,9-10,21,24,33H,2-3,7-8,11-18H2,1H3,(H,28,31). The number of likely N-dealkylation sites (tertiary alicyclic amines) is 1. The highest BCUT2D eigenvalue weighted by Crippen LogP contribution is 2.35. The molecule has 2 aliphatic rings. The molecule has 2 heterocycles. The van der Waals surface area contributed by atoms with E-state index in [4.69, 9.17) is 4.52 Å². The van der Waals surface area contributed by atoms with Crippen LogP contribution in [0.3, 0.4) is 0 Å². The van der Waals surface area contributed by atoms with Gasteiger partial charge >= 0.3 is 0 Å². The van der Waals surface area contributed by atoms with Crippen molar-refractivity contribution < 1.29 is 19.2 Å². The SMILES string of the molecule is CC(=O)NC1(c2noc(CCC(=O)N3CCC(C(O)c4ccccc4)CC3)n2)CCCCCC1. The number of piperidine rings is 1. The normalized spacial score (nSPS) is 19.9. The Kier molecular flexibility index (Phi) is 7.98. The number of aliphatic hydroxyl groups excluding tert-OH is 1. The number of carbonyl (C=O) groups is 2. The molecule has 1 unspecified atom stereocenters. The number of amides is 2. The third-order valence-corrected chi connectivity index (χ3v) is 7.30. The molecule has 0 bridgehead atoms. The quantitative estimate of drug-likeness (QED) is 0.601. The molecule has 2 amide bonds.